The molecule has 11 heteroatoms. The summed E-state index contributed by atoms with van der Waals surface area (Å²) in [4.78, 5) is 0. The van der Waals surface area contributed by atoms with Crippen LogP contribution in [0.15, 0.2) is 0 Å². The molecule has 0 aromatic heterocycles. The van der Waals surface area contributed by atoms with Crippen molar-refractivity contribution >= 4 is 67.5 Å². The minimum atomic E-state index is 0. The summed E-state index contributed by atoms with van der Waals surface area (Å²) in [6, 6.07) is 0. The monoisotopic (exact) mass is 729 g/mol. The molecule has 0 aliphatic carbocycles. The quantitative estimate of drug-likeness (QED) is 0.308. The van der Waals surface area contributed by atoms with Gasteiger partial charge in [-0.1, -0.05) is 0 Å². The van der Waals surface area contributed by atoms with Gasteiger partial charge in [0.2, 0.25) is 0 Å². The van der Waals surface area contributed by atoms with Crippen molar-refractivity contribution in [3.63, 3.8) is 0 Å². The van der Waals surface area contributed by atoms with Crippen molar-refractivity contribution in [2.45, 2.75) is 0 Å². The number of hydrogen-bond acceptors (Lipinski definition) is 0. The van der Waals surface area contributed by atoms with Crippen LogP contribution in [0.1, 0.15) is 0 Å². The smallest absolute Gasteiger partial charge is 2.00 e. The maximum atomic E-state index is 0. The van der Waals surface area contributed by atoms with Crippen LogP contribution in [0.3, 0.4) is 0 Å². The van der Waals surface area contributed by atoms with Crippen molar-refractivity contribution in [3.05, 3.63) is 0 Å². The third-order valence-corrected chi connectivity index (χ3v) is 0. The second-order valence-corrected chi connectivity index (χ2v) is 0. The van der Waals surface area contributed by atoms with Gasteiger partial charge in [0, 0.05) is 0 Å². The van der Waals surface area contributed by atoms with E-state index in [1.807, 2.05) is 0 Å². The van der Waals surface area contributed by atoms with Crippen LogP contribution in [0.25, 0.3) is 0 Å². The van der Waals surface area contributed by atoms with Gasteiger partial charge in [0.25, 0.3) is 0 Å². The van der Waals surface area contributed by atoms with Crippen LogP contribution in [0.2, 0.25) is 0 Å². The van der Waals surface area contributed by atoms with E-state index in [-0.39, 0.29) is 206 Å². The maximum absolute atomic E-state index is 0. The van der Waals surface area contributed by atoms with Gasteiger partial charge in [-0.25, -0.2) is 0 Å². The molecule has 60 valence electrons. The van der Waals surface area contributed by atoms with Crippen LogP contribution >= 0.6 is 0 Å². The first-order chi connectivity index (χ1) is 0. The predicted octanol–water partition coefficient (Wildman–Crippen LogP) is -0.0270. The van der Waals surface area contributed by atoms with E-state index in [1.165, 1.54) is 0 Å². The van der Waals surface area contributed by atoms with Crippen molar-refractivity contribution in [2.75, 3.05) is 0 Å². The van der Waals surface area contributed by atoms with Crippen LogP contribution in [0, 0.1) is 0 Å². The summed E-state index contributed by atoms with van der Waals surface area (Å²) < 4.78 is 0. The Morgan fingerprint density at radius 2 is 0.364 bits per heavy atom. The SMILES string of the molecule is [Ag+].[Ag+].[Cd+2].[Cd+2].[S-2].[S-2].[S-2].[S-2].[S-2].[Zn+2].[Zn+2]. The van der Waals surface area contributed by atoms with Gasteiger partial charge in [-0.2, -0.15) is 0 Å². The zero-order chi connectivity index (χ0) is 0. The van der Waals surface area contributed by atoms with E-state index >= 15 is 0 Å². The number of hydrogen-bond donors (Lipinski definition) is 0. The van der Waals surface area contributed by atoms with Gasteiger partial charge in [0.1, 0.15) is 0 Å². The first-order valence-corrected chi connectivity index (χ1v) is 0. The van der Waals surface area contributed by atoms with Crippen molar-refractivity contribution in [1.82, 2.24) is 0 Å². The fourth-order valence-corrected chi connectivity index (χ4v) is 0. The van der Waals surface area contributed by atoms with E-state index in [2.05, 4.69) is 0 Å². The van der Waals surface area contributed by atoms with Crippen molar-refractivity contribution in [3.8, 4) is 0 Å². The second kappa shape index (κ2) is 95.9. The van der Waals surface area contributed by atoms with Gasteiger partial charge < -0.3 is 67.5 Å². The summed E-state index contributed by atoms with van der Waals surface area (Å²) in [5, 5.41) is 0. The third kappa shape index (κ3) is 83.8. The molecule has 0 aliphatic heterocycles. The normalized spacial score (nSPS) is 0. The van der Waals surface area contributed by atoms with Crippen LogP contribution in [0.5, 0.6) is 0 Å². The molecule has 0 aliphatic rings. The summed E-state index contributed by atoms with van der Waals surface area (Å²) in [7, 11) is 0. The molecule has 0 aromatic carbocycles. The molecule has 0 unspecified atom stereocenters. The van der Waals surface area contributed by atoms with Gasteiger partial charge in [-0.3, -0.25) is 0 Å². The molecule has 0 nitrogen and oxygen atoms in total. The molecule has 0 rings (SSSR count). The first-order valence-electron chi connectivity index (χ1n) is 0. The Labute approximate surface area is 201 Å². The zero-order valence-corrected chi connectivity index (χ0v) is 26.5. The Morgan fingerprint density at radius 3 is 0.364 bits per heavy atom. The second-order valence-electron chi connectivity index (χ2n) is 0. The predicted molar refractivity (Wildman–Crippen MR) is 36.8 cm³/mol. The fraction of sp³-hybridized carbons (Fsp3) is 0. The van der Waals surface area contributed by atoms with Crippen LogP contribution < -0.4 is 0 Å². The van der Waals surface area contributed by atoms with E-state index in [0.717, 1.165) is 0 Å². The molecule has 0 fully saturated rings. The molecule has 0 heterocycles. The summed E-state index contributed by atoms with van der Waals surface area (Å²) in [6.07, 6.45) is 0. The minimum Gasteiger partial charge on any atom is -2.00 e. The fourth-order valence-electron chi connectivity index (χ4n) is 0. The number of rotatable bonds is 0. The van der Waals surface area contributed by atoms with Crippen molar-refractivity contribution in [2.24, 2.45) is 0 Å². The molecule has 0 aromatic rings. The molecule has 0 saturated heterocycles. The van der Waals surface area contributed by atoms with Crippen molar-refractivity contribution < 1.29 is 138 Å². The molecule has 0 saturated carbocycles. The Bertz CT molecular complexity index is 20.4. The summed E-state index contributed by atoms with van der Waals surface area (Å²) >= 11 is 0. The van der Waals surface area contributed by atoms with E-state index < -0.39 is 0 Å². The van der Waals surface area contributed by atoms with E-state index in [4.69, 9.17) is 0 Å². The maximum Gasteiger partial charge on any atom is 2.00 e. The summed E-state index contributed by atoms with van der Waals surface area (Å²) in [6.45, 7) is 0. The average Bonchev–Trinajstić information content (AvgIpc) is 0. The molecule has 0 N–H and O–H groups in total. The summed E-state index contributed by atoms with van der Waals surface area (Å²) in [5.74, 6) is 0. The van der Waals surface area contributed by atoms with Crippen LogP contribution in [-0.4, -0.2) is 0 Å². The first kappa shape index (κ1) is 115. The van der Waals surface area contributed by atoms with Crippen LogP contribution in [0.4, 0.5) is 0 Å². The molecular weight excluding hydrogens is 732 g/mol. The molecular formula is Ag2Cd2S5Zn2. The van der Waals surface area contributed by atoms with E-state index in [1.54, 1.807) is 0 Å². The van der Waals surface area contributed by atoms with Gasteiger partial charge in [-0.05, 0) is 0 Å². The zero-order valence-electron chi connectivity index (χ0n) is 5.47. The van der Waals surface area contributed by atoms with Crippen LogP contribution in [-0.2, 0) is 206 Å². The van der Waals surface area contributed by atoms with Crippen molar-refractivity contribution in [1.29, 1.82) is 0 Å². The molecule has 11 heavy (non-hydrogen) atoms. The van der Waals surface area contributed by atoms with Gasteiger partial charge >= 0.3 is 138 Å². The van der Waals surface area contributed by atoms with Gasteiger partial charge in [0.05, 0.1) is 0 Å². The summed E-state index contributed by atoms with van der Waals surface area (Å²) in [5.41, 5.74) is 0. The average molecular weight is 732 g/mol. The molecule has 0 spiro atoms. The van der Waals surface area contributed by atoms with Gasteiger partial charge in [0.15, 0.2) is 0 Å². The molecule has 0 radical (unpaired) electrons. The standard InChI is InChI=1S/2Ag.2Cd.5S.2Zn/q2*+1;2*+2;5*-2;2*+2. The Balaban J connectivity index is 0. The topological polar surface area (TPSA) is 0 Å². The Kier molecular flexibility index (Phi) is 1010. The third-order valence-electron chi connectivity index (χ3n) is 0. The molecule has 0 amide bonds. The molecule has 0 atom stereocenters. The Hall–Kier alpha value is 6.32. The van der Waals surface area contributed by atoms with E-state index in [0.29, 0.717) is 0 Å². The van der Waals surface area contributed by atoms with E-state index in [9.17, 15) is 0 Å². The van der Waals surface area contributed by atoms with Gasteiger partial charge in [-0.15, -0.1) is 0 Å². The largest absolute Gasteiger partial charge is 2.00 e. The Morgan fingerprint density at radius 1 is 0.364 bits per heavy atom. The minimum absolute atomic E-state index is 0. The molecule has 0 bridgehead atoms.